The quantitative estimate of drug-likeness (QED) is 0.749. The number of allylic oxidation sites excluding steroid dienone is 1. The van der Waals surface area contributed by atoms with Gasteiger partial charge >= 0.3 is 6.03 Å². The van der Waals surface area contributed by atoms with E-state index in [-0.39, 0.29) is 17.9 Å². The molecule has 0 aromatic heterocycles. The van der Waals surface area contributed by atoms with Gasteiger partial charge in [0.2, 0.25) is 0 Å². The Morgan fingerprint density at radius 1 is 1.29 bits per heavy atom. The van der Waals surface area contributed by atoms with Crippen LogP contribution in [0.4, 0.5) is 9.18 Å². The first-order valence-electron chi connectivity index (χ1n) is 8.68. The van der Waals surface area contributed by atoms with Gasteiger partial charge in [-0.1, -0.05) is 23.8 Å². The standard InChI is InChI=1S/C19H28FN3O/c1-23(2)18(16-9-6-10-17(20)13-16)14-22-19(24)21-12-11-15-7-4-3-5-8-15/h6-7,9-10,13,18H,3-5,8,11-12,14H2,1-2H3,(H2,21,22,24). The van der Waals surface area contributed by atoms with Crippen molar-refractivity contribution in [2.75, 3.05) is 27.2 Å². The van der Waals surface area contributed by atoms with Crippen molar-refractivity contribution in [2.24, 2.45) is 0 Å². The third kappa shape index (κ3) is 5.96. The van der Waals surface area contributed by atoms with Crippen molar-refractivity contribution in [3.8, 4) is 0 Å². The minimum Gasteiger partial charge on any atom is -0.338 e. The fraction of sp³-hybridized carbons (Fsp3) is 0.526. The summed E-state index contributed by atoms with van der Waals surface area (Å²) in [6.07, 6.45) is 8.09. The Balaban J connectivity index is 1.77. The zero-order valence-corrected chi connectivity index (χ0v) is 14.6. The van der Waals surface area contributed by atoms with Crippen molar-refractivity contribution in [2.45, 2.75) is 38.1 Å². The van der Waals surface area contributed by atoms with Gasteiger partial charge in [-0.2, -0.15) is 0 Å². The van der Waals surface area contributed by atoms with Gasteiger partial charge in [0.05, 0.1) is 6.04 Å². The summed E-state index contributed by atoms with van der Waals surface area (Å²) in [7, 11) is 3.84. The first kappa shape index (κ1) is 18.5. The highest BCUT2D eigenvalue weighted by Gasteiger charge is 2.15. The molecule has 2 N–H and O–H groups in total. The van der Waals surface area contributed by atoms with E-state index in [9.17, 15) is 9.18 Å². The molecular weight excluding hydrogens is 305 g/mol. The average Bonchev–Trinajstić information content (AvgIpc) is 2.56. The number of likely N-dealkylation sites (N-methyl/N-ethyl adjacent to an activating group) is 1. The number of carbonyl (C=O) groups is 1. The molecule has 2 amide bonds. The molecule has 1 unspecified atom stereocenters. The second-order valence-electron chi connectivity index (χ2n) is 6.53. The van der Waals surface area contributed by atoms with E-state index in [1.165, 1.54) is 37.0 Å². The van der Waals surface area contributed by atoms with Crippen LogP contribution in [0.15, 0.2) is 35.9 Å². The summed E-state index contributed by atoms with van der Waals surface area (Å²) in [6.45, 7) is 1.09. The Labute approximate surface area is 144 Å². The normalized spacial score (nSPS) is 15.8. The van der Waals surface area contributed by atoms with Gasteiger partial charge in [0.1, 0.15) is 5.82 Å². The molecule has 0 saturated heterocycles. The van der Waals surface area contributed by atoms with Gasteiger partial charge in [-0.15, -0.1) is 0 Å². The van der Waals surface area contributed by atoms with Gasteiger partial charge in [-0.05, 0) is 63.9 Å². The van der Waals surface area contributed by atoms with Gasteiger partial charge in [0.15, 0.2) is 0 Å². The summed E-state index contributed by atoms with van der Waals surface area (Å²) >= 11 is 0. The predicted octanol–water partition coefficient (Wildman–Crippen LogP) is 3.62. The highest BCUT2D eigenvalue weighted by atomic mass is 19.1. The second kappa shape index (κ2) is 9.42. The zero-order chi connectivity index (χ0) is 17.4. The third-order valence-corrected chi connectivity index (χ3v) is 4.43. The molecule has 1 aromatic carbocycles. The van der Waals surface area contributed by atoms with Gasteiger partial charge in [-0.25, -0.2) is 9.18 Å². The molecule has 24 heavy (non-hydrogen) atoms. The van der Waals surface area contributed by atoms with E-state index < -0.39 is 0 Å². The van der Waals surface area contributed by atoms with Gasteiger partial charge in [0, 0.05) is 13.1 Å². The maximum Gasteiger partial charge on any atom is 0.314 e. The molecule has 0 heterocycles. The number of hydrogen-bond donors (Lipinski definition) is 2. The molecule has 0 aliphatic heterocycles. The fourth-order valence-corrected chi connectivity index (χ4v) is 3.03. The van der Waals surface area contributed by atoms with Crippen molar-refractivity contribution in [3.63, 3.8) is 0 Å². The number of nitrogens with zero attached hydrogens (tertiary/aromatic N) is 1. The zero-order valence-electron chi connectivity index (χ0n) is 14.6. The molecule has 0 spiro atoms. The number of rotatable bonds is 7. The van der Waals surface area contributed by atoms with Crippen molar-refractivity contribution in [3.05, 3.63) is 47.3 Å². The van der Waals surface area contributed by atoms with Crippen LogP contribution in [0.25, 0.3) is 0 Å². The monoisotopic (exact) mass is 333 g/mol. The van der Waals surface area contributed by atoms with E-state index in [0.29, 0.717) is 13.1 Å². The largest absolute Gasteiger partial charge is 0.338 e. The minimum atomic E-state index is -0.260. The van der Waals surface area contributed by atoms with Crippen molar-refractivity contribution in [1.82, 2.24) is 15.5 Å². The number of urea groups is 1. The van der Waals surface area contributed by atoms with E-state index in [4.69, 9.17) is 0 Å². The number of halogens is 1. The topological polar surface area (TPSA) is 44.4 Å². The van der Waals surface area contributed by atoms with E-state index in [1.807, 2.05) is 25.1 Å². The smallest absolute Gasteiger partial charge is 0.314 e. The maximum atomic E-state index is 13.4. The van der Waals surface area contributed by atoms with E-state index >= 15 is 0 Å². The van der Waals surface area contributed by atoms with Gasteiger partial charge in [-0.3, -0.25) is 0 Å². The lowest BCUT2D eigenvalue weighted by molar-refractivity contribution is 0.233. The number of carbonyl (C=O) groups excluding carboxylic acids is 1. The molecule has 1 aliphatic carbocycles. The van der Waals surface area contributed by atoms with Crippen LogP contribution in [0.5, 0.6) is 0 Å². The van der Waals surface area contributed by atoms with Crippen LogP contribution in [0.2, 0.25) is 0 Å². The van der Waals surface area contributed by atoms with E-state index in [2.05, 4.69) is 16.7 Å². The Kier molecular flexibility index (Phi) is 7.25. The van der Waals surface area contributed by atoms with Gasteiger partial charge < -0.3 is 15.5 Å². The fourth-order valence-electron chi connectivity index (χ4n) is 3.03. The van der Waals surface area contributed by atoms with Gasteiger partial charge in [0.25, 0.3) is 0 Å². The van der Waals surface area contributed by atoms with Crippen LogP contribution in [0.3, 0.4) is 0 Å². The highest BCUT2D eigenvalue weighted by molar-refractivity contribution is 5.73. The van der Waals surface area contributed by atoms with Crippen LogP contribution >= 0.6 is 0 Å². The number of nitrogens with one attached hydrogen (secondary N) is 2. The molecule has 4 nitrogen and oxygen atoms in total. The summed E-state index contributed by atoms with van der Waals surface area (Å²) in [5.74, 6) is -0.260. The molecule has 0 bridgehead atoms. The molecule has 1 aliphatic rings. The highest BCUT2D eigenvalue weighted by Crippen LogP contribution is 2.19. The van der Waals surface area contributed by atoms with Crippen molar-refractivity contribution < 1.29 is 9.18 Å². The Hall–Kier alpha value is -1.88. The lowest BCUT2D eigenvalue weighted by Gasteiger charge is -2.25. The molecule has 0 saturated carbocycles. The van der Waals surface area contributed by atoms with Crippen LogP contribution in [-0.4, -0.2) is 38.1 Å². The molecule has 5 heteroatoms. The van der Waals surface area contributed by atoms with Crippen molar-refractivity contribution >= 4 is 6.03 Å². The Morgan fingerprint density at radius 3 is 2.79 bits per heavy atom. The van der Waals surface area contributed by atoms with Crippen LogP contribution in [0.1, 0.15) is 43.7 Å². The molecule has 1 aromatic rings. The minimum absolute atomic E-state index is 0.0625. The molecular formula is C19H28FN3O. The first-order valence-corrected chi connectivity index (χ1v) is 8.68. The second-order valence-corrected chi connectivity index (χ2v) is 6.53. The summed E-state index contributed by atoms with van der Waals surface area (Å²) in [4.78, 5) is 13.9. The van der Waals surface area contributed by atoms with Crippen LogP contribution in [-0.2, 0) is 0 Å². The molecule has 1 atom stereocenters. The summed E-state index contributed by atoms with van der Waals surface area (Å²) in [5, 5.41) is 5.79. The number of amides is 2. The average molecular weight is 333 g/mol. The van der Waals surface area contributed by atoms with Crippen LogP contribution < -0.4 is 10.6 Å². The van der Waals surface area contributed by atoms with Crippen LogP contribution in [0, 0.1) is 5.82 Å². The van der Waals surface area contributed by atoms with Crippen molar-refractivity contribution in [1.29, 1.82) is 0 Å². The number of hydrogen-bond acceptors (Lipinski definition) is 2. The SMILES string of the molecule is CN(C)C(CNC(=O)NCCC1=CCCCC1)c1cccc(F)c1. The molecule has 2 rings (SSSR count). The number of benzene rings is 1. The Morgan fingerprint density at radius 2 is 2.12 bits per heavy atom. The Bertz CT molecular complexity index is 571. The lowest BCUT2D eigenvalue weighted by Crippen LogP contribution is -2.40. The summed E-state index contributed by atoms with van der Waals surface area (Å²) in [5.41, 5.74) is 2.31. The summed E-state index contributed by atoms with van der Waals surface area (Å²) < 4.78 is 13.4. The molecule has 132 valence electrons. The molecule has 0 radical (unpaired) electrons. The summed E-state index contributed by atoms with van der Waals surface area (Å²) in [6, 6.07) is 6.28. The molecule has 0 fully saturated rings. The predicted molar refractivity (Wildman–Crippen MR) is 95.4 cm³/mol. The van der Waals surface area contributed by atoms with E-state index in [0.717, 1.165) is 18.4 Å². The third-order valence-electron chi connectivity index (χ3n) is 4.43. The lowest BCUT2D eigenvalue weighted by atomic mass is 9.97. The first-order chi connectivity index (χ1) is 11.6. The van der Waals surface area contributed by atoms with E-state index in [1.54, 1.807) is 6.07 Å². The maximum absolute atomic E-state index is 13.4.